The molecule has 0 amide bonds. The summed E-state index contributed by atoms with van der Waals surface area (Å²) in [6.45, 7) is 2.76. The number of carbonyl (C=O) groups excluding carboxylic acids is 1. The van der Waals surface area contributed by atoms with Crippen LogP contribution >= 0.6 is 0 Å². The van der Waals surface area contributed by atoms with Gasteiger partial charge in [0.05, 0.1) is 29.9 Å². The summed E-state index contributed by atoms with van der Waals surface area (Å²) in [5.74, 6) is -0.403. The van der Waals surface area contributed by atoms with Gasteiger partial charge in [-0.3, -0.25) is 4.57 Å². The van der Waals surface area contributed by atoms with Crippen LogP contribution in [0.15, 0.2) is 54.6 Å². The number of hydrogen-bond donors (Lipinski definition) is 0. The predicted octanol–water partition coefficient (Wildman–Crippen LogP) is 1.46. The average Bonchev–Trinajstić information content (AvgIpc) is 3.54. The molecule has 4 aromatic rings. The number of carbonyl (C=O) groups is 1. The minimum Gasteiger partial charge on any atom is -0.550 e. The summed E-state index contributed by atoms with van der Waals surface area (Å²) >= 11 is 0. The summed E-state index contributed by atoms with van der Waals surface area (Å²) in [6.07, 6.45) is 2.74. The monoisotopic (exact) mass is 508 g/mol. The van der Waals surface area contributed by atoms with Crippen LogP contribution in [0.25, 0.3) is 16.7 Å². The maximum atomic E-state index is 14.2. The van der Waals surface area contributed by atoms with Gasteiger partial charge < -0.3 is 19.4 Å². The summed E-state index contributed by atoms with van der Waals surface area (Å²) in [4.78, 5) is 15.6. The fourth-order valence-corrected chi connectivity index (χ4v) is 5.73. The van der Waals surface area contributed by atoms with Crippen LogP contribution in [0, 0.1) is 5.82 Å². The molecule has 37 heavy (non-hydrogen) atoms. The van der Waals surface area contributed by atoms with E-state index in [9.17, 15) is 14.3 Å². The van der Waals surface area contributed by atoms with Crippen LogP contribution in [-0.2, 0) is 17.6 Å². The van der Waals surface area contributed by atoms with E-state index in [0.717, 1.165) is 41.8 Å². The van der Waals surface area contributed by atoms with Crippen molar-refractivity contribution in [1.29, 1.82) is 0 Å². The van der Waals surface area contributed by atoms with E-state index in [0.29, 0.717) is 36.2 Å². The van der Waals surface area contributed by atoms with Gasteiger partial charge in [0.25, 0.3) is 0 Å². The molecule has 184 valence electrons. The van der Waals surface area contributed by atoms with E-state index >= 15 is 0 Å². The zero-order chi connectivity index (χ0) is 24.8. The van der Waals surface area contributed by atoms with Crippen molar-refractivity contribution in [1.82, 2.24) is 9.55 Å². The Hall–Kier alpha value is -2.87. The van der Waals surface area contributed by atoms with Crippen molar-refractivity contribution in [2.75, 3.05) is 13.2 Å². The average molecular weight is 509 g/mol. The van der Waals surface area contributed by atoms with Gasteiger partial charge in [0, 0.05) is 23.5 Å². The second-order valence-electron chi connectivity index (χ2n) is 9.54. The Morgan fingerprint density at radius 2 is 2.03 bits per heavy atom. The molecule has 0 bridgehead atoms. The molecule has 0 radical (unpaired) electrons. The van der Waals surface area contributed by atoms with Crippen molar-refractivity contribution in [3.8, 4) is 17.4 Å². The van der Waals surface area contributed by atoms with Gasteiger partial charge in [-0.2, -0.15) is 4.98 Å². The Balaban J connectivity index is 0.00000280. The molecule has 0 saturated heterocycles. The second kappa shape index (κ2) is 10.5. The number of halogens is 1. The summed E-state index contributed by atoms with van der Waals surface area (Å²) < 4.78 is 27.7. The van der Waals surface area contributed by atoms with Gasteiger partial charge >= 0.3 is 35.6 Å². The number of rotatable bonds is 7. The van der Waals surface area contributed by atoms with E-state index in [-0.39, 0.29) is 47.7 Å². The first-order valence-corrected chi connectivity index (χ1v) is 12.4. The summed E-state index contributed by atoms with van der Waals surface area (Å²) in [6, 6.07) is 17.5. The van der Waals surface area contributed by atoms with Crippen LogP contribution in [-0.4, -0.2) is 28.7 Å². The largest absolute Gasteiger partial charge is 1.00 e. The van der Waals surface area contributed by atoms with Gasteiger partial charge in [0.1, 0.15) is 11.6 Å². The number of imidazole rings is 1. The summed E-state index contributed by atoms with van der Waals surface area (Å²) in [5.41, 5.74) is 6.99. The van der Waals surface area contributed by atoms with Crippen molar-refractivity contribution in [3.05, 3.63) is 82.7 Å². The number of carboxylic acids is 1. The standard InChI is InChI=1S/C29H27FN2O4.Na/c1-2-35-29-31-24-11-8-20(30)15-26(24)32(29)25-5-3-4-21-18(7-10-23(21)25)12-17-6-9-22-19(14-28(33)34)16-36-27(22)13-17;/h3-6,8-9,11,13,15,18-19H,2,7,10,12,14,16H2,1H3,(H,33,34);/q;+1/p-1/t18?,19-;/m1./s1. The molecule has 1 aliphatic carbocycles. The maximum Gasteiger partial charge on any atom is 1.00 e. The van der Waals surface area contributed by atoms with Gasteiger partial charge in [0.2, 0.25) is 0 Å². The number of hydrogen-bond acceptors (Lipinski definition) is 5. The molecule has 2 aliphatic rings. The molecule has 0 spiro atoms. The first kappa shape index (κ1) is 25.8. The third-order valence-corrected chi connectivity index (χ3v) is 7.32. The van der Waals surface area contributed by atoms with E-state index in [1.807, 2.05) is 29.7 Å². The maximum absolute atomic E-state index is 14.2. The van der Waals surface area contributed by atoms with Crippen LogP contribution in [0.5, 0.6) is 11.8 Å². The molecule has 6 nitrogen and oxygen atoms in total. The zero-order valence-corrected chi connectivity index (χ0v) is 23.0. The van der Waals surface area contributed by atoms with Gasteiger partial charge in [-0.25, -0.2) is 4.39 Å². The van der Waals surface area contributed by atoms with Crippen LogP contribution in [0.4, 0.5) is 4.39 Å². The minimum absolute atomic E-state index is 0. The van der Waals surface area contributed by atoms with Crippen molar-refractivity contribution in [2.24, 2.45) is 0 Å². The molecular weight excluding hydrogens is 482 g/mol. The van der Waals surface area contributed by atoms with Crippen molar-refractivity contribution < 1.29 is 53.3 Å². The minimum atomic E-state index is -1.06. The molecule has 0 fully saturated rings. The number of aromatic nitrogens is 2. The summed E-state index contributed by atoms with van der Waals surface area (Å²) in [7, 11) is 0. The van der Waals surface area contributed by atoms with Gasteiger partial charge in [-0.05, 0) is 79.5 Å². The van der Waals surface area contributed by atoms with E-state index in [2.05, 4.69) is 23.2 Å². The number of fused-ring (bicyclic) bond motifs is 3. The number of aliphatic carboxylic acids is 1. The number of carboxylic acid groups (broad SMARTS) is 1. The van der Waals surface area contributed by atoms with Crippen LogP contribution in [0.3, 0.4) is 0 Å². The molecule has 6 rings (SSSR count). The molecule has 1 aromatic heterocycles. The van der Waals surface area contributed by atoms with Crippen LogP contribution < -0.4 is 44.1 Å². The predicted molar refractivity (Wildman–Crippen MR) is 131 cm³/mol. The van der Waals surface area contributed by atoms with Gasteiger partial charge in [-0.15, -0.1) is 0 Å². The smallest absolute Gasteiger partial charge is 0.550 e. The molecule has 2 atom stereocenters. The van der Waals surface area contributed by atoms with Gasteiger partial charge in [-0.1, -0.05) is 24.3 Å². The first-order valence-electron chi connectivity index (χ1n) is 12.4. The Morgan fingerprint density at radius 3 is 2.84 bits per heavy atom. The third-order valence-electron chi connectivity index (χ3n) is 7.32. The normalized spacial score (nSPS) is 17.7. The fraction of sp³-hybridized carbons (Fsp3) is 0.310. The Kier molecular flexibility index (Phi) is 7.30. The first-order chi connectivity index (χ1) is 17.5. The van der Waals surface area contributed by atoms with Gasteiger partial charge in [0.15, 0.2) is 0 Å². The van der Waals surface area contributed by atoms with E-state index in [4.69, 9.17) is 9.47 Å². The second-order valence-corrected chi connectivity index (χ2v) is 9.54. The topological polar surface area (TPSA) is 76.4 Å². The zero-order valence-electron chi connectivity index (χ0n) is 21.0. The molecular formula is C29H26FN2NaO4. The molecule has 0 saturated carbocycles. The quantitative estimate of drug-likeness (QED) is 0.354. The Morgan fingerprint density at radius 1 is 1.16 bits per heavy atom. The fourth-order valence-electron chi connectivity index (χ4n) is 5.73. The number of benzene rings is 3. The van der Waals surface area contributed by atoms with Crippen molar-refractivity contribution >= 4 is 17.0 Å². The Labute approximate surface area is 236 Å². The summed E-state index contributed by atoms with van der Waals surface area (Å²) in [5, 5.41) is 11.0. The van der Waals surface area contributed by atoms with E-state index in [1.54, 1.807) is 6.07 Å². The van der Waals surface area contributed by atoms with E-state index < -0.39 is 5.97 Å². The molecule has 2 heterocycles. The molecule has 1 aliphatic heterocycles. The van der Waals surface area contributed by atoms with Crippen LogP contribution in [0.1, 0.15) is 53.9 Å². The van der Waals surface area contributed by atoms with E-state index in [1.165, 1.54) is 23.3 Å². The van der Waals surface area contributed by atoms with Crippen LogP contribution in [0.2, 0.25) is 0 Å². The van der Waals surface area contributed by atoms with Crippen molar-refractivity contribution in [2.45, 2.75) is 44.4 Å². The molecule has 1 unspecified atom stereocenters. The SMILES string of the molecule is CCOc1nc2ccc(F)cc2n1-c1cccc2c1CCC2Cc1ccc2c(c1)OC[C@H]2CC(=O)[O-].[Na+]. The number of ether oxygens (including phenoxy) is 2. The molecule has 3 aromatic carbocycles. The molecule has 0 N–H and O–H groups in total. The number of nitrogens with zero attached hydrogens (tertiary/aromatic N) is 2. The molecule has 8 heteroatoms. The Bertz CT molecular complexity index is 1480. The third kappa shape index (κ3) is 4.76. The van der Waals surface area contributed by atoms with Crippen molar-refractivity contribution in [3.63, 3.8) is 0 Å².